The predicted molar refractivity (Wildman–Crippen MR) is 94.3 cm³/mol. The summed E-state index contributed by atoms with van der Waals surface area (Å²) in [4.78, 5) is 6.46. The van der Waals surface area contributed by atoms with Crippen molar-refractivity contribution in [3.63, 3.8) is 0 Å². The molecule has 2 fully saturated rings. The van der Waals surface area contributed by atoms with Crippen molar-refractivity contribution in [3.8, 4) is 0 Å². The summed E-state index contributed by atoms with van der Waals surface area (Å²) >= 11 is 0. The zero-order chi connectivity index (χ0) is 17.9. The molecule has 4 rings (SSSR count). The van der Waals surface area contributed by atoms with E-state index in [0.717, 1.165) is 24.4 Å². The zero-order valence-corrected chi connectivity index (χ0v) is 14.8. The van der Waals surface area contributed by atoms with Crippen molar-refractivity contribution < 1.29 is 19.0 Å². The molecule has 0 amide bonds. The van der Waals surface area contributed by atoms with Crippen LogP contribution < -0.4 is 5.32 Å². The standard InChI is InChI=1S/C19H25N3O4/c1-22(9-7-13-5-2-3-8-20-13)17-18(23)16(15-12-25-19(17)26-15)21-11-14-6-4-10-24-14/h2-6,8,10,15-19,21,23H,7,9,11-12H2,1H3. The van der Waals surface area contributed by atoms with Crippen molar-refractivity contribution in [2.24, 2.45) is 0 Å². The monoisotopic (exact) mass is 359 g/mol. The molecule has 0 radical (unpaired) electrons. The normalized spacial score (nSPS) is 30.8. The van der Waals surface area contributed by atoms with E-state index in [0.29, 0.717) is 13.2 Å². The van der Waals surface area contributed by atoms with Gasteiger partial charge in [-0.3, -0.25) is 9.88 Å². The Kier molecular flexibility index (Phi) is 5.33. The number of hydrogen-bond acceptors (Lipinski definition) is 7. The first kappa shape index (κ1) is 17.6. The van der Waals surface area contributed by atoms with Gasteiger partial charge in [-0.1, -0.05) is 6.07 Å². The van der Waals surface area contributed by atoms with Crippen LogP contribution in [0.1, 0.15) is 11.5 Å². The Balaban J connectivity index is 1.39. The Morgan fingerprint density at radius 3 is 3.00 bits per heavy atom. The summed E-state index contributed by atoms with van der Waals surface area (Å²) in [6.07, 6.45) is 3.11. The van der Waals surface area contributed by atoms with Crippen molar-refractivity contribution in [2.75, 3.05) is 20.2 Å². The molecule has 7 nitrogen and oxygen atoms in total. The number of aromatic nitrogens is 1. The third-order valence-electron chi connectivity index (χ3n) is 5.18. The predicted octanol–water partition coefficient (Wildman–Crippen LogP) is 0.792. The number of fused-ring (bicyclic) bond motifs is 2. The minimum atomic E-state index is -0.593. The molecule has 0 aromatic carbocycles. The van der Waals surface area contributed by atoms with Gasteiger partial charge in [0.2, 0.25) is 0 Å². The number of aliphatic hydroxyl groups is 1. The second-order valence-corrected chi connectivity index (χ2v) is 6.90. The largest absolute Gasteiger partial charge is 0.468 e. The summed E-state index contributed by atoms with van der Waals surface area (Å²) in [6.45, 7) is 1.79. The highest BCUT2D eigenvalue weighted by molar-refractivity contribution is 5.06. The quantitative estimate of drug-likeness (QED) is 0.757. The van der Waals surface area contributed by atoms with Crippen molar-refractivity contribution in [3.05, 3.63) is 54.2 Å². The molecule has 2 bridgehead atoms. The summed E-state index contributed by atoms with van der Waals surface area (Å²) in [5.74, 6) is 0.832. The van der Waals surface area contributed by atoms with Gasteiger partial charge in [-0.25, -0.2) is 0 Å². The van der Waals surface area contributed by atoms with Gasteiger partial charge in [0, 0.05) is 24.9 Å². The zero-order valence-electron chi connectivity index (χ0n) is 14.8. The minimum Gasteiger partial charge on any atom is -0.468 e. The average molecular weight is 359 g/mol. The van der Waals surface area contributed by atoms with E-state index >= 15 is 0 Å². The molecule has 7 heteroatoms. The summed E-state index contributed by atoms with van der Waals surface area (Å²) in [6, 6.07) is 9.24. The van der Waals surface area contributed by atoms with Crippen LogP contribution in [0.5, 0.6) is 0 Å². The van der Waals surface area contributed by atoms with Crippen molar-refractivity contribution in [1.82, 2.24) is 15.2 Å². The highest BCUT2D eigenvalue weighted by Gasteiger charge is 2.51. The SMILES string of the molecule is CN(CCc1ccccn1)C1C2OCC(O2)C(NCc2ccco2)C1O. The Hall–Kier alpha value is -1.77. The van der Waals surface area contributed by atoms with Gasteiger partial charge in [-0.15, -0.1) is 0 Å². The van der Waals surface area contributed by atoms with Gasteiger partial charge in [0.25, 0.3) is 0 Å². The molecule has 0 saturated carbocycles. The third kappa shape index (κ3) is 3.67. The number of nitrogens with one attached hydrogen (secondary N) is 1. The van der Waals surface area contributed by atoms with Crippen LogP contribution in [-0.4, -0.2) is 65.8 Å². The molecule has 5 atom stereocenters. The topological polar surface area (TPSA) is 80.0 Å². The van der Waals surface area contributed by atoms with Crippen LogP contribution in [0.25, 0.3) is 0 Å². The first-order chi connectivity index (χ1) is 12.7. The molecule has 2 saturated heterocycles. The fraction of sp³-hybridized carbons (Fsp3) is 0.526. The van der Waals surface area contributed by atoms with Gasteiger partial charge in [0.1, 0.15) is 11.9 Å². The fourth-order valence-electron chi connectivity index (χ4n) is 3.74. The molecule has 2 N–H and O–H groups in total. The van der Waals surface area contributed by atoms with Crippen LogP contribution in [0.4, 0.5) is 0 Å². The van der Waals surface area contributed by atoms with Gasteiger partial charge < -0.3 is 24.3 Å². The molecule has 2 aliphatic heterocycles. The highest BCUT2D eigenvalue weighted by atomic mass is 16.7. The molecule has 0 aliphatic carbocycles. The number of ether oxygens (including phenoxy) is 2. The summed E-state index contributed by atoms with van der Waals surface area (Å²) in [5, 5.41) is 14.4. The Morgan fingerprint density at radius 2 is 2.23 bits per heavy atom. The second-order valence-electron chi connectivity index (χ2n) is 6.90. The van der Waals surface area contributed by atoms with Crippen LogP contribution in [0.15, 0.2) is 47.2 Å². The number of pyridine rings is 1. The number of hydrogen-bond donors (Lipinski definition) is 2. The van der Waals surface area contributed by atoms with Crippen molar-refractivity contribution >= 4 is 0 Å². The molecule has 4 heterocycles. The number of rotatable bonds is 7. The van der Waals surface area contributed by atoms with Crippen molar-refractivity contribution in [2.45, 2.75) is 43.5 Å². The number of nitrogens with zero attached hydrogens (tertiary/aromatic N) is 2. The maximum atomic E-state index is 11.0. The Bertz CT molecular complexity index is 681. The van der Waals surface area contributed by atoms with Crippen LogP contribution in [0, 0.1) is 0 Å². The maximum Gasteiger partial charge on any atom is 0.176 e. The summed E-state index contributed by atoms with van der Waals surface area (Å²) in [5.41, 5.74) is 1.03. The third-order valence-corrected chi connectivity index (χ3v) is 5.18. The van der Waals surface area contributed by atoms with Crippen LogP contribution in [0.3, 0.4) is 0 Å². The molecular weight excluding hydrogens is 334 g/mol. The van der Waals surface area contributed by atoms with E-state index in [2.05, 4.69) is 15.2 Å². The number of likely N-dealkylation sites (N-methyl/N-ethyl adjacent to an activating group) is 1. The van der Waals surface area contributed by atoms with E-state index in [1.165, 1.54) is 0 Å². The summed E-state index contributed by atoms with van der Waals surface area (Å²) < 4.78 is 17.2. The lowest BCUT2D eigenvalue weighted by Gasteiger charge is -2.42. The van der Waals surface area contributed by atoms with Gasteiger partial charge in [0.15, 0.2) is 6.29 Å². The van der Waals surface area contributed by atoms with E-state index in [4.69, 9.17) is 13.9 Å². The van der Waals surface area contributed by atoms with E-state index in [-0.39, 0.29) is 18.2 Å². The Labute approximate surface area is 152 Å². The first-order valence-electron chi connectivity index (χ1n) is 9.03. The molecular formula is C19H25N3O4. The molecule has 140 valence electrons. The van der Waals surface area contributed by atoms with Gasteiger partial charge in [-0.2, -0.15) is 0 Å². The van der Waals surface area contributed by atoms with Crippen molar-refractivity contribution in [1.29, 1.82) is 0 Å². The first-order valence-corrected chi connectivity index (χ1v) is 9.03. The molecule has 2 aliphatic rings. The van der Waals surface area contributed by atoms with E-state index in [1.54, 1.807) is 12.5 Å². The maximum absolute atomic E-state index is 11.0. The molecule has 0 spiro atoms. The lowest BCUT2D eigenvalue weighted by Crippen LogP contribution is -2.63. The highest BCUT2D eigenvalue weighted by Crippen LogP contribution is 2.31. The summed E-state index contributed by atoms with van der Waals surface area (Å²) in [7, 11) is 1.99. The van der Waals surface area contributed by atoms with Crippen LogP contribution in [0.2, 0.25) is 0 Å². The van der Waals surface area contributed by atoms with Crippen LogP contribution >= 0.6 is 0 Å². The smallest absolute Gasteiger partial charge is 0.176 e. The lowest BCUT2D eigenvalue weighted by atomic mass is 9.95. The van der Waals surface area contributed by atoms with Gasteiger partial charge in [0.05, 0.1) is 37.6 Å². The fourth-order valence-corrected chi connectivity index (χ4v) is 3.74. The van der Waals surface area contributed by atoms with E-state index < -0.39 is 12.4 Å². The molecule has 5 unspecified atom stereocenters. The molecule has 26 heavy (non-hydrogen) atoms. The minimum absolute atomic E-state index is 0.148. The average Bonchev–Trinajstić information content (AvgIpc) is 3.32. The van der Waals surface area contributed by atoms with Crippen LogP contribution in [-0.2, 0) is 22.4 Å². The number of aliphatic hydroxyl groups excluding tert-OH is 1. The van der Waals surface area contributed by atoms with E-state index in [1.807, 2.05) is 37.4 Å². The molecule has 2 aromatic heterocycles. The second kappa shape index (κ2) is 7.85. The Morgan fingerprint density at radius 1 is 1.31 bits per heavy atom. The lowest BCUT2D eigenvalue weighted by molar-refractivity contribution is -0.178. The van der Waals surface area contributed by atoms with Gasteiger partial charge in [-0.05, 0) is 31.3 Å². The van der Waals surface area contributed by atoms with E-state index in [9.17, 15) is 5.11 Å². The molecule has 2 aromatic rings. The number of furan rings is 1. The van der Waals surface area contributed by atoms with Gasteiger partial charge >= 0.3 is 0 Å².